The third-order valence-electron chi connectivity index (χ3n) is 4.56. The van der Waals surface area contributed by atoms with Crippen molar-refractivity contribution in [2.45, 2.75) is 13.8 Å². The van der Waals surface area contributed by atoms with Crippen LogP contribution in [0.3, 0.4) is 0 Å². The Bertz CT molecular complexity index is 184. The van der Waals surface area contributed by atoms with Crippen LogP contribution in [0, 0.1) is 0 Å². The second-order valence-electron chi connectivity index (χ2n) is 5.04. The number of quaternary nitrogens is 2. The lowest BCUT2D eigenvalue weighted by atomic mass is 10.2. The third-order valence-corrected chi connectivity index (χ3v) is 4.89. The largest absolute Gasteiger partial charge is 0.314 e. The van der Waals surface area contributed by atoms with E-state index in [1.807, 2.05) is 0 Å². The number of piperazine rings is 1. The molecule has 0 amide bonds. The summed E-state index contributed by atoms with van der Waals surface area (Å²) in [4.78, 5) is 0. The number of nitrogens with zero attached hydrogens (tertiary/aromatic N) is 2. The second-order valence-corrected chi connectivity index (χ2v) is 5.79. The summed E-state index contributed by atoms with van der Waals surface area (Å²) in [5, 5.41) is 0. The van der Waals surface area contributed by atoms with Crippen LogP contribution in [0.25, 0.3) is 0 Å². The molecule has 1 aliphatic heterocycles. The van der Waals surface area contributed by atoms with E-state index in [1.54, 1.807) is 0 Å². The predicted octanol–water partition coefficient (Wildman–Crippen LogP) is 2.99. The van der Waals surface area contributed by atoms with Gasteiger partial charge in [0, 0.05) is 0 Å². The fourth-order valence-corrected chi connectivity index (χ4v) is 3.54. The summed E-state index contributed by atoms with van der Waals surface area (Å²) >= 11 is 11.9. The van der Waals surface area contributed by atoms with Gasteiger partial charge in [0.2, 0.25) is 0 Å². The zero-order valence-corrected chi connectivity index (χ0v) is 14.7. The molecule has 1 aliphatic rings. The summed E-state index contributed by atoms with van der Waals surface area (Å²) in [6.45, 7) is 14.4. The van der Waals surface area contributed by atoms with E-state index >= 15 is 0 Å². The standard InChI is InChI=1S/C12H26Cl2N2.2ClH/c1-3-15(7-5-13)9-11-16(4-2,8-6-14)12-10-15;;/h3-12H2,1-2H3;2*1H/q+2;;. The topological polar surface area (TPSA) is 0 Å². The quantitative estimate of drug-likeness (QED) is 0.514. The highest BCUT2D eigenvalue weighted by molar-refractivity contribution is 6.18. The number of halogens is 4. The van der Waals surface area contributed by atoms with Gasteiger partial charge in [0.15, 0.2) is 0 Å². The minimum Gasteiger partial charge on any atom is -0.314 e. The van der Waals surface area contributed by atoms with Gasteiger partial charge in [-0.15, -0.1) is 48.0 Å². The van der Waals surface area contributed by atoms with Crippen LogP contribution in [0.2, 0.25) is 0 Å². The van der Waals surface area contributed by atoms with Gasteiger partial charge in [-0.05, 0) is 13.8 Å². The van der Waals surface area contributed by atoms with Crippen molar-refractivity contribution in [1.82, 2.24) is 0 Å². The zero-order chi connectivity index (χ0) is 12.1. The Morgan fingerprint density at radius 1 is 0.722 bits per heavy atom. The van der Waals surface area contributed by atoms with Crippen LogP contribution in [-0.4, -0.2) is 73.1 Å². The number of rotatable bonds is 6. The van der Waals surface area contributed by atoms with E-state index in [0.717, 1.165) is 24.8 Å². The molecule has 1 rings (SSSR count). The Labute approximate surface area is 135 Å². The Hall–Kier alpha value is 1.08. The summed E-state index contributed by atoms with van der Waals surface area (Å²) in [5.74, 6) is 1.57. The maximum absolute atomic E-state index is 5.93. The molecule has 112 valence electrons. The van der Waals surface area contributed by atoms with Gasteiger partial charge >= 0.3 is 0 Å². The van der Waals surface area contributed by atoms with Crippen LogP contribution >= 0.6 is 48.0 Å². The van der Waals surface area contributed by atoms with Crippen molar-refractivity contribution in [1.29, 1.82) is 0 Å². The molecule has 0 unspecified atom stereocenters. The molecule has 0 aliphatic carbocycles. The summed E-state index contributed by atoms with van der Waals surface area (Å²) in [6, 6.07) is 0. The van der Waals surface area contributed by atoms with Gasteiger partial charge < -0.3 is 8.97 Å². The molecule has 0 saturated carbocycles. The minimum atomic E-state index is 0. The van der Waals surface area contributed by atoms with Crippen LogP contribution in [0.15, 0.2) is 0 Å². The van der Waals surface area contributed by atoms with Gasteiger partial charge in [-0.3, -0.25) is 0 Å². The van der Waals surface area contributed by atoms with Crippen LogP contribution in [0.4, 0.5) is 0 Å². The summed E-state index contributed by atoms with van der Waals surface area (Å²) in [7, 11) is 0. The third kappa shape index (κ3) is 5.22. The number of likely N-dealkylation sites (N-methyl/N-ethyl adjacent to an activating group) is 2. The van der Waals surface area contributed by atoms with E-state index < -0.39 is 0 Å². The molecule has 18 heavy (non-hydrogen) atoms. The van der Waals surface area contributed by atoms with Crippen molar-refractivity contribution in [3.63, 3.8) is 0 Å². The highest BCUT2D eigenvalue weighted by Gasteiger charge is 2.39. The first-order chi connectivity index (χ1) is 7.66. The molecule has 0 spiro atoms. The highest BCUT2D eigenvalue weighted by Crippen LogP contribution is 2.19. The molecule has 1 heterocycles. The molecule has 0 radical (unpaired) electrons. The van der Waals surface area contributed by atoms with Crippen molar-refractivity contribution in [3.8, 4) is 0 Å². The molecule has 6 heteroatoms. The van der Waals surface area contributed by atoms with Crippen molar-refractivity contribution in [2.24, 2.45) is 0 Å². The maximum Gasteiger partial charge on any atom is 0.129 e. The van der Waals surface area contributed by atoms with E-state index in [0.29, 0.717) is 0 Å². The van der Waals surface area contributed by atoms with E-state index in [9.17, 15) is 0 Å². The first-order valence-corrected chi connectivity index (χ1v) is 7.55. The zero-order valence-electron chi connectivity index (χ0n) is 11.5. The molecule has 0 aromatic rings. The molecule has 1 saturated heterocycles. The molecule has 0 aromatic carbocycles. The fourth-order valence-electron chi connectivity index (χ4n) is 2.83. The smallest absolute Gasteiger partial charge is 0.129 e. The van der Waals surface area contributed by atoms with Crippen LogP contribution in [-0.2, 0) is 0 Å². The van der Waals surface area contributed by atoms with Crippen molar-refractivity contribution in [2.75, 3.05) is 64.1 Å². The summed E-state index contributed by atoms with van der Waals surface area (Å²) < 4.78 is 2.43. The van der Waals surface area contributed by atoms with Gasteiger partial charge in [0.25, 0.3) is 0 Å². The average molecular weight is 342 g/mol. The summed E-state index contributed by atoms with van der Waals surface area (Å²) in [6.07, 6.45) is 0. The normalized spacial score (nSPS) is 31.3. The Balaban J connectivity index is 0. The van der Waals surface area contributed by atoms with Gasteiger partial charge in [-0.2, -0.15) is 0 Å². The van der Waals surface area contributed by atoms with E-state index in [1.165, 1.54) is 48.2 Å². The lowest BCUT2D eigenvalue weighted by molar-refractivity contribution is -1.03. The van der Waals surface area contributed by atoms with Gasteiger partial charge in [0.05, 0.1) is 37.9 Å². The van der Waals surface area contributed by atoms with Crippen molar-refractivity contribution < 1.29 is 8.97 Å². The van der Waals surface area contributed by atoms with Crippen molar-refractivity contribution in [3.05, 3.63) is 0 Å². The molecular formula is C12H28Cl4N2+2. The SMILES string of the molecule is CC[N+]1(CCCl)CC[N+](CC)(CCCl)CC1.Cl.Cl. The Kier molecular flexibility index (Phi) is 11.8. The van der Waals surface area contributed by atoms with Crippen LogP contribution in [0.5, 0.6) is 0 Å². The van der Waals surface area contributed by atoms with Gasteiger partial charge in [0.1, 0.15) is 26.2 Å². The van der Waals surface area contributed by atoms with Crippen LogP contribution < -0.4 is 0 Å². The number of hydrogen-bond acceptors (Lipinski definition) is 0. The predicted molar refractivity (Wildman–Crippen MR) is 86.7 cm³/mol. The number of hydrogen-bond donors (Lipinski definition) is 0. The fraction of sp³-hybridized carbons (Fsp3) is 1.00. The lowest BCUT2D eigenvalue weighted by Crippen LogP contribution is -2.67. The highest BCUT2D eigenvalue weighted by atomic mass is 35.5. The molecule has 0 aromatic heterocycles. The van der Waals surface area contributed by atoms with Crippen LogP contribution in [0.1, 0.15) is 13.8 Å². The van der Waals surface area contributed by atoms with E-state index in [2.05, 4.69) is 13.8 Å². The molecule has 0 N–H and O–H groups in total. The van der Waals surface area contributed by atoms with E-state index in [-0.39, 0.29) is 24.8 Å². The molecule has 1 fully saturated rings. The second kappa shape index (κ2) is 9.90. The Morgan fingerprint density at radius 2 is 1.00 bits per heavy atom. The monoisotopic (exact) mass is 340 g/mol. The van der Waals surface area contributed by atoms with Gasteiger partial charge in [-0.25, -0.2) is 0 Å². The van der Waals surface area contributed by atoms with E-state index in [4.69, 9.17) is 23.2 Å². The van der Waals surface area contributed by atoms with Gasteiger partial charge in [-0.1, -0.05) is 0 Å². The summed E-state index contributed by atoms with van der Waals surface area (Å²) in [5.41, 5.74) is 0. The minimum absolute atomic E-state index is 0. The lowest BCUT2D eigenvalue weighted by Gasteiger charge is -2.49. The molecular weight excluding hydrogens is 314 g/mol. The first kappa shape index (κ1) is 21.4. The molecule has 0 atom stereocenters. The Morgan fingerprint density at radius 3 is 1.17 bits per heavy atom. The number of alkyl halides is 2. The maximum atomic E-state index is 5.93. The average Bonchev–Trinajstić information content (AvgIpc) is 2.33. The first-order valence-electron chi connectivity index (χ1n) is 6.48. The van der Waals surface area contributed by atoms with Crippen molar-refractivity contribution >= 4 is 48.0 Å². The molecule has 2 nitrogen and oxygen atoms in total. The molecule has 0 bridgehead atoms.